The number of hydrogen-bond acceptors (Lipinski definition) is 5. The monoisotopic (exact) mass is 428 g/mol. The summed E-state index contributed by atoms with van der Waals surface area (Å²) in [5.41, 5.74) is 10.0. The molecule has 7 heteroatoms. The Morgan fingerprint density at radius 1 is 1.19 bits per heavy atom. The molecule has 1 aliphatic rings. The maximum Gasteiger partial charge on any atom is 0.335 e. The van der Waals surface area contributed by atoms with Crippen LogP contribution in [-0.2, 0) is 6.42 Å². The number of hydrogen-bond donors (Lipinski definition) is 2. The van der Waals surface area contributed by atoms with E-state index in [0.717, 1.165) is 46.8 Å². The molecule has 2 aromatic carbocycles. The van der Waals surface area contributed by atoms with Crippen molar-refractivity contribution >= 4 is 17.3 Å². The molecular formula is C25H24N4O3. The van der Waals surface area contributed by atoms with Crippen LogP contribution in [0.25, 0.3) is 16.8 Å². The van der Waals surface area contributed by atoms with Crippen LogP contribution in [0.4, 0.5) is 5.82 Å². The Bertz CT molecular complexity index is 1290. The summed E-state index contributed by atoms with van der Waals surface area (Å²) in [7, 11) is 0. The van der Waals surface area contributed by atoms with E-state index in [1.54, 1.807) is 24.4 Å². The molecule has 5 rings (SSSR count). The maximum atomic E-state index is 11.2. The Labute approximate surface area is 185 Å². The van der Waals surface area contributed by atoms with Gasteiger partial charge in [0.25, 0.3) is 0 Å². The number of nitrogens with two attached hydrogens (primary N) is 1. The van der Waals surface area contributed by atoms with E-state index in [-0.39, 0.29) is 5.56 Å². The Morgan fingerprint density at radius 3 is 2.81 bits per heavy atom. The number of carboxylic acid groups (broad SMARTS) is 1. The molecule has 7 nitrogen and oxygen atoms in total. The molecule has 0 atom stereocenters. The van der Waals surface area contributed by atoms with Gasteiger partial charge in [-0.15, -0.1) is 0 Å². The first kappa shape index (κ1) is 20.1. The van der Waals surface area contributed by atoms with Gasteiger partial charge >= 0.3 is 5.97 Å². The van der Waals surface area contributed by atoms with Crippen LogP contribution < -0.4 is 10.5 Å². The fraction of sp³-hybridized carbons (Fsp3) is 0.240. The highest BCUT2D eigenvalue weighted by atomic mass is 16.5. The van der Waals surface area contributed by atoms with E-state index in [9.17, 15) is 4.79 Å². The molecule has 0 saturated heterocycles. The lowest BCUT2D eigenvalue weighted by Gasteiger charge is -2.23. The van der Waals surface area contributed by atoms with Crippen LogP contribution >= 0.6 is 0 Å². The zero-order valence-electron chi connectivity index (χ0n) is 17.6. The minimum atomic E-state index is -0.928. The van der Waals surface area contributed by atoms with E-state index in [4.69, 9.17) is 20.6 Å². The summed E-state index contributed by atoms with van der Waals surface area (Å²) >= 11 is 0. The zero-order chi connectivity index (χ0) is 22.1. The highest BCUT2D eigenvalue weighted by Crippen LogP contribution is 2.39. The third-order valence-corrected chi connectivity index (χ3v) is 6.02. The van der Waals surface area contributed by atoms with Gasteiger partial charge in [-0.3, -0.25) is 4.40 Å². The summed E-state index contributed by atoms with van der Waals surface area (Å²) in [6.45, 7) is 0.438. The quantitative estimate of drug-likeness (QED) is 0.447. The second-order valence-electron chi connectivity index (χ2n) is 8.11. The summed E-state index contributed by atoms with van der Waals surface area (Å²) < 4.78 is 8.05. The minimum Gasteiger partial charge on any atom is -0.493 e. The fourth-order valence-corrected chi connectivity index (χ4v) is 4.12. The number of carbonyl (C=O) groups is 1. The van der Waals surface area contributed by atoms with E-state index in [2.05, 4.69) is 9.38 Å². The van der Waals surface area contributed by atoms with Crippen molar-refractivity contribution in [3.05, 3.63) is 77.9 Å². The third kappa shape index (κ3) is 3.77. The maximum absolute atomic E-state index is 11.2. The molecule has 0 aliphatic heterocycles. The van der Waals surface area contributed by atoms with Gasteiger partial charge in [0, 0.05) is 30.3 Å². The molecule has 0 spiro atoms. The molecule has 0 unspecified atom stereocenters. The van der Waals surface area contributed by atoms with Crippen LogP contribution in [0.5, 0.6) is 5.75 Å². The number of carboxylic acids is 1. The lowest BCUT2D eigenvalue weighted by molar-refractivity contribution is 0.0696. The molecule has 2 aromatic heterocycles. The van der Waals surface area contributed by atoms with Gasteiger partial charge in [-0.2, -0.15) is 0 Å². The Morgan fingerprint density at radius 2 is 2.03 bits per heavy atom. The van der Waals surface area contributed by atoms with Crippen molar-refractivity contribution in [3.63, 3.8) is 0 Å². The van der Waals surface area contributed by atoms with E-state index < -0.39 is 5.97 Å². The molecule has 2 heterocycles. The van der Waals surface area contributed by atoms with Gasteiger partial charge in [-0.25, -0.2) is 14.8 Å². The molecule has 1 saturated carbocycles. The van der Waals surface area contributed by atoms with E-state index in [0.29, 0.717) is 24.8 Å². The molecule has 1 aliphatic carbocycles. The summed E-state index contributed by atoms with van der Waals surface area (Å²) in [6.07, 6.45) is 7.78. The van der Waals surface area contributed by atoms with Crippen molar-refractivity contribution in [3.8, 4) is 17.0 Å². The summed E-state index contributed by atoms with van der Waals surface area (Å²) in [5, 5.41) is 9.15. The molecule has 162 valence electrons. The smallest absolute Gasteiger partial charge is 0.335 e. The summed E-state index contributed by atoms with van der Waals surface area (Å²) in [6, 6.07) is 14.7. The van der Waals surface area contributed by atoms with Gasteiger partial charge in [0.05, 0.1) is 12.2 Å². The van der Waals surface area contributed by atoms with Gasteiger partial charge in [0.1, 0.15) is 28.6 Å². The van der Waals surface area contributed by atoms with Gasteiger partial charge in [-0.1, -0.05) is 30.7 Å². The number of anilines is 1. The number of fused-ring (bicyclic) bond motifs is 1. The fourth-order valence-electron chi connectivity index (χ4n) is 4.12. The molecule has 0 radical (unpaired) electrons. The average molecular weight is 428 g/mol. The third-order valence-electron chi connectivity index (χ3n) is 6.02. The van der Waals surface area contributed by atoms with Crippen molar-refractivity contribution in [2.24, 2.45) is 0 Å². The number of imidazole rings is 1. The van der Waals surface area contributed by atoms with E-state index >= 15 is 0 Å². The van der Waals surface area contributed by atoms with Gasteiger partial charge < -0.3 is 15.6 Å². The van der Waals surface area contributed by atoms with Crippen LogP contribution in [-0.4, -0.2) is 32.1 Å². The predicted molar refractivity (Wildman–Crippen MR) is 122 cm³/mol. The number of nitrogens with zero attached hydrogens (tertiary/aromatic N) is 3. The Kier molecular flexibility index (Phi) is 5.23. The van der Waals surface area contributed by atoms with Crippen LogP contribution in [0.15, 0.2) is 60.9 Å². The number of aromatic nitrogens is 3. The first-order valence-corrected chi connectivity index (χ1v) is 10.8. The molecule has 0 amide bonds. The van der Waals surface area contributed by atoms with Crippen molar-refractivity contribution < 1.29 is 14.6 Å². The van der Waals surface area contributed by atoms with Crippen LogP contribution in [0.1, 0.15) is 46.9 Å². The molecule has 3 N–H and O–H groups in total. The molecule has 1 fully saturated rings. The van der Waals surface area contributed by atoms with E-state index in [1.807, 2.05) is 36.5 Å². The highest BCUT2D eigenvalue weighted by Gasteiger charge is 2.26. The van der Waals surface area contributed by atoms with Crippen molar-refractivity contribution in [1.29, 1.82) is 0 Å². The Hall–Kier alpha value is -3.87. The standard InChI is InChI=1S/C25H24N4O3/c26-23-22-21(28-24(17-5-2-6-17)29(22)12-11-27-23)18-7-3-9-20(15-18)32-13-10-16-4-1-8-19(14-16)25(30)31/h1,3-4,7-9,11-12,14-15,17H,2,5-6,10,13H2,(H2,26,27)(H,30,31). The highest BCUT2D eigenvalue weighted by molar-refractivity contribution is 5.87. The largest absolute Gasteiger partial charge is 0.493 e. The summed E-state index contributed by atoms with van der Waals surface area (Å²) in [4.78, 5) is 20.4. The number of nitrogen functional groups attached to an aromatic ring is 1. The number of aromatic carboxylic acids is 1. The second-order valence-corrected chi connectivity index (χ2v) is 8.11. The van der Waals surface area contributed by atoms with Crippen LogP contribution in [0.3, 0.4) is 0 Å². The SMILES string of the molecule is Nc1nccn2c(C3CCC3)nc(-c3cccc(OCCc4cccc(C(=O)O)c4)c3)c12. The van der Waals surface area contributed by atoms with Crippen molar-refractivity contribution in [2.75, 3.05) is 12.3 Å². The van der Waals surface area contributed by atoms with Gasteiger partial charge in [0.2, 0.25) is 0 Å². The predicted octanol–water partition coefficient (Wildman–Crippen LogP) is 4.57. The second kappa shape index (κ2) is 8.34. The first-order valence-electron chi connectivity index (χ1n) is 10.8. The van der Waals surface area contributed by atoms with Gasteiger partial charge in [0.15, 0.2) is 0 Å². The minimum absolute atomic E-state index is 0.282. The number of benzene rings is 2. The lowest BCUT2D eigenvalue weighted by atomic mass is 9.85. The van der Waals surface area contributed by atoms with E-state index in [1.165, 1.54) is 6.42 Å². The van der Waals surface area contributed by atoms with Crippen LogP contribution in [0.2, 0.25) is 0 Å². The molecule has 0 bridgehead atoms. The average Bonchev–Trinajstić information content (AvgIpc) is 3.14. The summed E-state index contributed by atoms with van der Waals surface area (Å²) in [5.74, 6) is 1.76. The lowest BCUT2D eigenvalue weighted by Crippen LogP contribution is -2.12. The molecule has 4 aromatic rings. The van der Waals surface area contributed by atoms with Crippen molar-refractivity contribution in [1.82, 2.24) is 14.4 Å². The van der Waals surface area contributed by atoms with Gasteiger partial charge in [-0.05, 0) is 42.7 Å². The number of rotatable bonds is 7. The first-order chi connectivity index (χ1) is 15.6. The van der Waals surface area contributed by atoms with Crippen LogP contribution in [0, 0.1) is 0 Å². The zero-order valence-corrected chi connectivity index (χ0v) is 17.6. The Balaban J connectivity index is 1.38. The normalized spacial score (nSPS) is 13.8. The van der Waals surface area contributed by atoms with Crippen molar-refractivity contribution in [2.45, 2.75) is 31.6 Å². The topological polar surface area (TPSA) is 103 Å². The molecule has 32 heavy (non-hydrogen) atoms. The number of ether oxygens (including phenoxy) is 1. The molecular weight excluding hydrogens is 404 g/mol.